The fraction of sp³-hybridized carbons (Fsp3) is 0.226. The van der Waals surface area contributed by atoms with Crippen LogP contribution in [0, 0.1) is 13.8 Å². The Hall–Kier alpha value is -4.90. The van der Waals surface area contributed by atoms with Crippen molar-refractivity contribution in [3.05, 3.63) is 65.7 Å². The van der Waals surface area contributed by atoms with Crippen molar-refractivity contribution in [3.8, 4) is 45.5 Å². The molecule has 216 valence electrons. The van der Waals surface area contributed by atoms with Crippen LogP contribution < -0.4 is 24.3 Å². The zero-order chi connectivity index (χ0) is 30.0. The second kappa shape index (κ2) is 11.9. The minimum absolute atomic E-state index is 0.206. The predicted octanol–water partition coefficient (Wildman–Crippen LogP) is 6.15. The van der Waals surface area contributed by atoms with Gasteiger partial charge < -0.3 is 18.9 Å². The highest BCUT2D eigenvalue weighted by Crippen LogP contribution is 2.41. The highest BCUT2D eigenvalue weighted by Gasteiger charge is 2.20. The van der Waals surface area contributed by atoms with Crippen LogP contribution in [-0.2, 0) is 4.79 Å². The van der Waals surface area contributed by atoms with Gasteiger partial charge in [0.1, 0.15) is 5.75 Å². The van der Waals surface area contributed by atoms with Crippen molar-refractivity contribution < 1.29 is 28.5 Å². The second-order valence-electron chi connectivity index (χ2n) is 9.57. The van der Waals surface area contributed by atoms with E-state index in [-0.39, 0.29) is 18.4 Å². The van der Waals surface area contributed by atoms with Crippen LogP contribution in [0.4, 0.5) is 5.13 Å². The lowest BCUT2D eigenvalue weighted by atomic mass is 10.1. The van der Waals surface area contributed by atoms with Gasteiger partial charge in [-0.25, -0.2) is 4.98 Å². The third-order valence-corrected chi connectivity index (χ3v) is 7.53. The molecule has 0 aliphatic carbocycles. The summed E-state index contributed by atoms with van der Waals surface area (Å²) in [5.41, 5.74) is 5.26. The lowest BCUT2D eigenvalue weighted by molar-refractivity contribution is -0.118. The van der Waals surface area contributed by atoms with Gasteiger partial charge in [-0.15, -0.1) is 0 Å². The first-order valence-electron chi connectivity index (χ1n) is 13.0. The number of nitrogens with one attached hydrogen (secondary N) is 1. The standard InChI is InChI=1S/C31H30N4O6S/c1-17-7-10-22-28(11-17)42-31(32-22)33-29(37)16-41-25-12-20(9-8-18(25)2)24-15-23(34-35(24)19(3)36)21-13-26(38-4)30(40-6)27(14-21)39-5/h7-15H,16H2,1-6H3,(H,32,33,37). The maximum Gasteiger partial charge on any atom is 0.264 e. The summed E-state index contributed by atoms with van der Waals surface area (Å²) in [6, 6.07) is 16.8. The first-order chi connectivity index (χ1) is 20.2. The van der Waals surface area contributed by atoms with Crippen molar-refractivity contribution in [3.63, 3.8) is 0 Å². The molecule has 0 aliphatic heterocycles. The summed E-state index contributed by atoms with van der Waals surface area (Å²) in [4.78, 5) is 29.8. The van der Waals surface area contributed by atoms with E-state index in [0.717, 1.165) is 21.3 Å². The molecule has 1 N–H and O–H groups in total. The molecule has 42 heavy (non-hydrogen) atoms. The number of rotatable bonds is 9. The minimum atomic E-state index is -0.325. The number of methoxy groups -OCH3 is 3. The third kappa shape index (κ3) is 5.77. The van der Waals surface area contributed by atoms with E-state index in [2.05, 4.69) is 15.4 Å². The van der Waals surface area contributed by atoms with Crippen LogP contribution in [0.5, 0.6) is 23.0 Å². The molecule has 0 unspecified atom stereocenters. The van der Waals surface area contributed by atoms with Gasteiger partial charge in [0.25, 0.3) is 5.91 Å². The van der Waals surface area contributed by atoms with E-state index in [9.17, 15) is 9.59 Å². The zero-order valence-electron chi connectivity index (χ0n) is 24.1. The van der Waals surface area contributed by atoms with E-state index in [1.807, 2.05) is 44.2 Å². The number of fused-ring (bicyclic) bond motifs is 1. The Morgan fingerprint density at radius 1 is 0.881 bits per heavy atom. The summed E-state index contributed by atoms with van der Waals surface area (Å²) >= 11 is 1.41. The van der Waals surface area contributed by atoms with Gasteiger partial charge in [0, 0.05) is 18.1 Å². The Labute approximate surface area is 246 Å². The number of nitrogens with zero attached hydrogens (tertiary/aromatic N) is 3. The van der Waals surface area contributed by atoms with Crippen LogP contribution in [0.1, 0.15) is 22.8 Å². The number of hydrogen-bond donors (Lipinski definition) is 1. The molecular weight excluding hydrogens is 556 g/mol. The third-order valence-electron chi connectivity index (χ3n) is 6.60. The fourth-order valence-electron chi connectivity index (χ4n) is 4.50. The van der Waals surface area contributed by atoms with Crippen LogP contribution >= 0.6 is 11.3 Å². The quantitative estimate of drug-likeness (QED) is 0.219. The molecule has 5 rings (SSSR count). The number of hydrogen-bond acceptors (Lipinski definition) is 9. The molecule has 5 aromatic rings. The molecule has 0 fully saturated rings. The van der Waals surface area contributed by atoms with Gasteiger partial charge in [-0.3, -0.25) is 14.9 Å². The number of anilines is 1. The van der Waals surface area contributed by atoms with Crippen LogP contribution in [-0.4, -0.2) is 54.5 Å². The fourth-order valence-corrected chi connectivity index (χ4v) is 5.48. The SMILES string of the molecule is COc1cc(-c2cc(-c3ccc(C)c(OCC(=O)Nc4nc5ccc(C)cc5s4)c3)n(C(C)=O)n2)cc(OC)c1OC. The number of benzene rings is 3. The van der Waals surface area contributed by atoms with Crippen molar-refractivity contribution in [2.75, 3.05) is 33.3 Å². The molecule has 2 aromatic heterocycles. The van der Waals surface area contributed by atoms with E-state index in [4.69, 9.17) is 18.9 Å². The minimum Gasteiger partial charge on any atom is -0.493 e. The molecule has 11 heteroatoms. The monoisotopic (exact) mass is 586 g/mol. The largest absolute Gasteiger partial charge is 0.493 e. The van der Waals surface area contributed by atoms with Crippen LogP contribution in [0.3, 0.4) is 0 Å². The van der Waals surface area contributed by atoms with E-state index < -0.39 is 0 Å². The number of ether oxygens (including phenoxy) is 4. The number of aromatic nitrogens is 3. The molecule has 0 aliphatic rings. The van der Waals surface area contributed by atoms with Crippen molar-refractivity contribution >= 4 is 38.5 Å². The number of thiazole rings is 1. The van der Waals surface area contributed by atoms with Crippen molar-refractivity contribution in [1.82, 2.24) is 14.8 Å². The van der Waals surface area contributed by atoms with Gasteiger partial charge in [-0.05, 0) is 61.4 Å². The molecule has 2 heterocycles. The molecule has 0 spiro atoms. The Bertz CT molecular complexity index is 1780. The number of carbonyl (C=O) groups is 2. The first kappa shape index (κ1) is 28.6. The van der Waals surface area contributed by atoms with Gasteiger partial charge in [-0.2, -0.15) is 9.78 Å². The number of amides is 1. The van der Waals surface area contributed by atoms with E-state index in [1.165, 1.54) is 44.3 Å². The summed E-state index contributed by atoms with van der Waals surface area (Å²) in [5, 5.41) is 7.89. The van der Waals surface area contributed by atoms with E-state index in [1.54, 1.807) is 24.3 Å². The van der Waals surface area contributed by atoms with Gasteiger partial charge in [0.15, 0.2) is 23.2 Å². The Balaban J connectivity index is 1.40. The molecule has 0 bridgehead atoms. The van der Waals surface area contributed by atoms with Crippen LogP contribution in [0.2, 0.25) is 0 Å². The van der Waals surface area contributed by atoms with Gasteiger partial charge in [0.2, 0.25) is 11.7 Å². The van der Waals surface area contributed by atoms with Crippen molar-refractivity contribution in [1.29, 1.82) is 0 Å². The molecule has 0 radical (unpaired) electrons. The van der Waals surface area contributed by atoms with E-state index in [0.29, 0.717) is 50.6 Å². The predicted molar refractivity (Wildman–Crippen MR) is 162 cm³/mol. The Morgan fingerprint density at radius 2 is 1.60 bits per heavy atom. The summed E-state index contributed by atoms with van der Waals surface area (Å²) < 4.78 is 24.6. The van der Waals surface area contributed by atoms with Gasteiger partial charge in [-0.1, -0.05) is 29.5 Å². The van der Waals surface area contributed by atoms with Crippen molar-refractivity contribution in [2.24, 2.45) is 0 Å². The average molecular weight is 587 g/mol. The maximum atomic E-state index is 12.7. The molecule has 1 amide bonds. The highest BCUT2D eigenvalue weighted by atomic mass is 32.1. The number of carbonyl (C=O) groups excluding carboxylic acids is 2. The number of aryl methyl sites for hydroxylation is 2. The van der Waals surface area contributed by atoms with E-state index >= 15 is 0 Å². The normalized spacial score (nSPS) is 10.9. The highest BCUT2D eigenvalue weighted by molar-refractivity contribution is 7.22. The Morgan fingerprint density at radius 3 is 2.26 bits per heavy atom. The van der Waals surface area contributed by atoms with Crippen LogP contribution in [0.15, 0.2) is 54.6 Å². The van der Waals surface area contributed by atoms with Crippen LogP contribution in [0.25, 0.3) is 32.7 Å². The van der Waals surface area contributed by atoms with Gasteiger partial charge >= 0.3 is 0 Å². The second-order valence-corrected chi connectivity index (χ2v) is 10.6. The molecule has 0 saturated heterocycles. The summed E-state index contributed by atoms with van der Waals surface area (Å²) in [5.74, 6) is 1.31. The van der Waals surface area contributed by atoms with Gasteiger partial charge in [0.05, 0.1) is 42.9 Å². The zero-order valence-corrected chi connectivity index (χ0v) is 24.9. The maximum absolute atomic E-state index is 12.7. The molecule has 10 nitrogen and oxygen atoms in total. The molecule has 0 saturated carbocycles. The summed E-state index contributed by atoms with van der Waals surface area (Å²) in [6.45, 7) is 5.13. The molecule has 0 atom stereocenters. The smallest absolute Gasteiger partial charge is 0.264 e. The average Bonchev–Trinajstić information content (AvgIpc) is 3.60. The summed E-state index contributed by atoms with van der Waals surface area (Å²) in [7, 11) is 4.61. The van der Waals surface area contributed by atoms with Crippen molar-refractivity contribution in [2.45, 2.75) is 20.8 Å². The topological polar surface area (TPSA) is 114 Å². The lowest BCUT2D eigenvalue weighted by Crippen LogP contribution is -2.20. The molecular formula is C31H30N4O6S. The first-order valence-corrected chi connectivity index (χ1v) is 13.8. The molecule has 3 aromatic carbocycles. The summed E-state index contributed by atoms with van der Waals surface area (Å²) in [6.07, 6.45) is 0. The Kier molecular flexibility index (Phi) is 8.12. The lowest BCUT2D eigenvalue weighted by Gasteiger charge is -2.13.